The van der Waals surface area contributed by atoms with Crippen LogP contribution in [0.25, 0.3) is 16.9 Å². The molecule has 0 amide bonds. The number of rotatable bonds is 6. The average molecular weight is 374 g/mol. The first-order chi connectivity index (χ1) is 13.7. The van der Waals surface area contributed by atoms with Gasteiger partial charge in [-0.05, 0) is 12.1 Å². The van der Waals surface area contributed by atoms with Crippen LogP contribution in [0.1, 0.15) is 29.0 Å². The molecule has 0 aliphatic heterocycles. The van der Waals surface area contributed by atoms with E-state index >= 15 is 0 Å². The predicted molar refractivity (Wildman–Crippen MR) is 102 cm³/mol. The van der Waals surface area contributed by atoms with E-state index in [0.717, 1.165) is 11.3 Å². The number of nitrogens with zero attached hydrogens (tertiary/aromatic N) is 4. The molecule has 0 unspecified atom stereocenters. The normalized spacial score (nSPS) is 10.8. The molecular weight excluding hydrogens is 356 g/mol. The summed E-state index contributed by atoms with van der Waals surface area (Å²) >= 11 is 0. The Hall–Kier alpha value is -3.74. The molecule has 0 saturated heterocycles. The van der Waals surface area contributed by atoms with E-state index in [-0.39, 0.29) is 12.5 Å². The standard InChI is InChI=1S/C21H18N4O3/c1-2-18-22-19(28-24-18)14-27-21(26)17-13-25(16-11-7-4-8-12-16)23-20(17)15-9-5-3-6-10-15/h3-13H,2,14H2,1H3. The molecule has 0 saturated carbocycles. The maximum absolute atomic E-state index is 12.8. The van der Waals surface area contributed by atoms with Crippen molar-refractivity contribution in [3.63, 3.8) is 0 Å². The summed E-state index contributed by atoms with van der Waals surface area (Å²) < 4.78 is 12.1. The summed E-state index contributed by atoms with van der Waals surface area (Å²) in [5.41, 5.74) is 2.60. The lowest BCUT2D eigenvalue weighted by Gasteiger charge is -2.02. The molecule has 0 spiro atoms. The lowest BCUT2D eigenvalue weighted by molar-refractivity contribution is 0.0430. The minimum Gasteiger partial charge on any atom is -0.452 e. The molecule has 0 bridgehead atoms. The van der Waals surface area contributed by atoms with Gasteiger partial charge in [0.2, 0.25) is 0 Å². The van der Waals surface area contributed by atoms with Gasteiger partial charge in [0.1, 0.15) is 11.3 Å². The second-order valence-corrected chi connectivity index (χ2v) is 6.07. The summed E-state index contributed by atoms with van der Waals surface area (Å²) in [6, 6.07) is 19.1. The van der Waals surface area contributed by atoms with Gasteiger partial charge in [-0.1, -0.05) is 60.6 Å². The lowest BCUT2D eigenvalue weighted by Crippen LogP contribution is -2.06. The van der Waals surface area contributed by atoms with Crippen LogP contribution in [-0.4, -0.2) is 25.9 Å². The van der Waals surface area contributed by atoms with Gasteiger partial charge in [-0.25, -0.2) is 9.48 Å². The van der Waals surface area contributed by atoms with Crippen LogP contribution in [0.4, 0.5) is 0 Å². The smallest absolute Gasteiger partial charge is 0.342 e. The number of benzene rings is 2. The molecule has 7 heteroatoms. The fraction of sp³-hybridized carbons (Fsp3) is 0.143. The number of aromatic nitrogens is 4. The van der Waals surface area contributed by atoms with Gasteiger partial charge in [-0.3, -0.25) is 0 Å². The zero-order valence-electron chi connectivity index (χ0n) is 15.3. The van der Waals surface area contributed by atoms with Crippen molar-refractivity contribution >= 4 is 5.97 Å². The number of hydrogen-bond donors (Lipinski definition) is 0. The first kappa shape index (κ1) is 17.7. The Kier molecular flexibility index (Phi) is 4.97. The van der Waals surface area contributed by atoms with Crippen molar-refractivity contribution in [2.24, 2.45) is 0 Å². The highest BCUT2D eigenvalue weighted by Gasteiger charge is 2.20. The summed E-state index contributed by atoms with van der Waals surface area (Å²) in [5.74, 6) is 0.340. The maximum Gasteiger partial charge on any atom is 0.342 e. The van der Waals surface area contributed by atoms with Crippen molar-refractivity contribution in [1.82, 2.24) is 19.9 Å². The molecule has 28 heavy (non-hydrogen) atoms. The summed E-state index contributed by atoms with van der Waals surface area (Å²) in [5, 5.41) is 8.41. The molecule has 7 nitrogen and oxygen atoms in total. The van der Waals surface area contributed by atoms with E-state index in [9.17, 15) is 4.79 Å². The van der Waals surface area contributed by atoms with Crippen LogP contribution in [0.2, 0.25) is 0 Å². The highest BCUT2D eigenvalue weighted by atomic mass is 16.6. The molecule has 2 aromatic heterocycles. The van der Waals surface area contributed by atoms with Crippen LogP contribution < -0.4 is 0 Å². The van der Waals surface area contributed by atoms with Gasteiger partial charge in [0, 0.05) is 18.2 Å². The Labute approximate surface area is 161 Å². The topological polar surface area (TPSA) is 83.0 Å². The van der Waals surface area contributed by atoms with Crippen molar-refractivity contribution in [2.75, 3.05) is 0 Å². The third-order valence-electron chi connectivity index (χ3n) is 4.16. The van der Waals surface area contributed by atoms with Gasteiger partial charge in [0.05, 0.1) is 5.69 Å². The quantitative estimate of drug-likeness (QED) is 0.477. The van der Waals surface area contributed by atoms with Crippen LogP contribution in [0, 0.1) is 0 Å². The molecule has 4 aromatic rings. The number of carbonyl (C=O) groups excluding carboxylic acids is 1. The van der Waals surface area contributed by atoms with E-state index in [0.29, 0.717) is 23.5 Å². The van der Waals surface area contributed by atoms with E-state index in [2.05, 4.69) is 15.2 Å². The third kappa shape index (κ3) is 3.68. The summed E-state index contributed by atoms with van der Waals surface area (Å²) in [7, 11) is 0. The fourth-order valence-electron chi connectivity index (χ4n) is 2.74. The number of ether oxygens (including phenoxy) is 1. The van der Waals surface area contributed by atoms with Crippen LogP contribution in [0.3, 0.4) is 0 Å². The molecule has 4 rings (SSSR count). The number of carbonyl (C=O) groups is 1. The van der Waals surface area contributed by atoms with Gasteiger partial charge in [0.15, 0.2) is 12.4 Å². The van der Waals surface area contributed by atoms with Crippen molar-refractivity contribution in [1.29, 1.82) is 0 Å². The molecule has 0 N–H and O–H groups in total. The number of aryl methyl sites for hydroxylation is 1. The van der Waals surface area contributed by atoms with E-state index in [1.165, 1.54) is 0 Å². The Morgan fingerprint density at radius 3 is 2.46 bits per heavy atom. The average Bonchev–Trinajstić information content (AvgIpc) is 3.40. The molecule has 0 aliphatic carbocycles. The largest absolute Gasteiger partial charge is 0.452 e. The van der Waals surface area contributed by atoms with Gasteiger partial charge in [0.25, 0.3) is 5.89 Å². The number of hydrogen-bond acceptors (Lipinski definition) is 6. The van der Waals surface area contributed by atoms with Gasteiger partial charge in [-0.15, -0.1) is 0 Å². The fourth-order valence-corrected chi connectivity index (χ4v) is 2.74. The Bertz CT molecular complexity index is 1070. The Morgan fingerprint density at radius 1 is 1.07 bits per heavy atom. The molecule has 2 aromatic carbocycles. The molecular formula is C21H18N4O3. The van der Waals surface area contributed by atoms with E-state index < -0.39 is 5.97 Å². The third-order valence-corrected chi connectivity index (χ3v) is 4.16. The zero-order chi connectivity index (χ0) is 19.3. The Morgan fingerprint density at radius 2 is 1.79 bits per heavy atom. The first-order valence-corrected chi connectivity index (χ1v) is 8.93. The second-order valence-electron chi connectivity index (χ2n) is 6.07. The molecule has 0 radical (unpaired) electrons. The predicted octanol–water partition coefficient (Wildman–Crippen LogP) is 3.84. The number of para-hydroxylation sites is 1. The van der Waals surface area contributed by atoms with Crippen LogP contribution in [0.15, 0.2) is 71.4 Å². The second kappa shape index (κ2) is 7.87. The SMILES string of the molecule is CCc1noc(COC(=O)c2cn(-c3ccccc3)nc2-c2ccccc2)n1. The Balaban J connectivity index is 1.64. The lowest BCUT2D eigenvalue weighted by atomic mass is 10.1. The van der Waals surface area contributed by atoms with Crippen LogP contribution in [-0.2, 0) is 17.8 Å². The monoisotopic (exact) mass is 374 g/mol. The van der Waals surface area contributed by atoms with E-state index in [4.69, 9.17) is 9.26 Å². The van der Waals surface area contributed by atoms with Crippen molar-refractivity contribution in [3.05, 3.63) is 84.1 Å². The minimum absolute atomic E-state index is 0.0867. The first-order valence-electron chi connectivity index (χ1n) is 8.93. The van der Waals surface area contributed by atoms with Gasteiger partial charge in [-0.2, -0.15) is 10.1 Å². The van der Waals surface area contributed by atoms with Crippen LogP contribution in [0.5, 0.6) is 0 Å². The van der Waals surface area contributed by atoms with Gasteiger partial charge >= 0.3 is 5.97 Å². The molecule has 140 valence electrons. The minimum atomic E-state index is -0.503. The van der Waals surface area contributed by atoms with E-state index in [1.807, 2.05) is 67.6 Å². The summed E-state index contributed by atoms with van der Waals surface area (Å²) in [4.78, 5) is 16.9. The summed E-state index contributed by atoms with van der Waals surface area (Å²) in [6.07, 6.45) is 2.32. The molecule has 0 atom stereocenters. The molecule has 0 aliphatic rings. The van der Waals surface area contributed by atoms with Gasteiger partial charge < -0.3 is 9.26 Å². The van der Waals surface area contributed by atoms with Crippen molar-refractivity contribution < 1.29 is 14.1 Å². The van der Waals surface area contributed by atoms with Crippen LogP contribution >= 0.6 is 0 Å². The molecule has 0 fully saturated rings. The van der Waals surface area contributed by atoms with Crippen molar-refractivity contribution in [3.8, 4) is 16.9 Å². The summed E-state index contributed by atoms with van der Waals surface area (Å²) in [6.45, 7) is 1.83. The maximum atomic E-state index is 12.8. The molecule has 2 heterocycles. The van der Waals surface area contributed by atoms with Crippen molar-refractivity contribution in [2.45, 2.75) is 20.0 Å². The highest BCUT2D eigenvalue weighted by molar-refractivity contribution is 5.96. The highest BCUT2D eigenvalue weighted by Crippen LogP contribution is 2.24. The zero-order valence-corrected chi connectivity index (χ0v) is 15.3. The number of esters is 1. The van der Waals surface area contributed by atoms with E-state index in [1.54, 1.807) is 10.9 Å².